The second-order valence-electron chi connectivity index (χ2n) is 4.44. The lowest BCUT2D eigenvalue weighted by atomic mass is 10.2. The Balaban J connectivity index is 2.37. The zero-order chi connectivity index (χ0) is 15.4. The maximum atomic E-state index is 11.5. The Labute approximate surface area is 122 Å². The van der Waals surface area contributed by atoms with Gasteiger partial charge in [-0.3, -0.25) is 4.98 Å². The van der Waals surface area contributed by atoms with Crippen LogP contribution in [0, 0.1) is 6.92 Å². The van der Waals surface area contributed by atoms with Gasteiger partial charge in [-0.1, -0.05) is 6.92 Å². The van der Waals surface area contributed by atoms with Crippen molar-refractivity contribution < 1.29 is 14.3 Å². The Morgan fingerprint density at radius 1 is 1.24 bits per heavy atom. The number of rotatable bonds is 4. The van der Waals surface area contributed by atoms with E-state index >= 15 is 0 Å². The van der Waals surface area contributed by atoms with Gasteiger partial charge >= 0.3 is 5.97 Å². The van der Waals surface area contributed by atoms with Crippen molar-refractivity contribution in [2.75, 3.05) is 12.8 Å². The number of pyridine rings is 2. The average Bonchev–Trinajstić information content (AvgIpc) is 2.50. The zero-order valence-electron chi connectivity index (χ0n) is 12.2. The summed E-state index contributed by atoms with van der Waals surface area (Å²) in [6, 6.07) is 6.70. The summed E-state index contributed by atoms with van der Waals surface area (Å²) in [5.41, 5.74) is 8.03. The number of aryl methyl sites for hydroxylation is 2. The van der Waals surface area contributed by atoms with Crippen LogP contribution in [0.5, 0.6) is 11.6 Å². The normalized spacial score (nSPS) is 10.2. The second kappa shape index (κ2) is 6.21. The van der Waals surface area contributed by atoms with Crippen LogP contribution >= 0.6 is 0 Å². The average molecular weight is 287 g/mol. The van der Waals surface area contributed by atoms with Gasteiger partial charge < -0.3 is 15.2 Å². The maximum absolute atomic E-state index is 11.5. The van der Waals surface area contributed by atoms with Gasteiger partial charge in [-0.15, -0.1) is 0 Å². The zero-order valence-corrected chi connectivity index (χ0v) is 12.2. The molecule has 0 aliphatic heterocycles. The standard InChI is InChI=1S/C15H17N3O3/c1-4-11-13(8-5-9(2)17-11)21-14-10(16)6-7-12(18-14)15(19)20-3/h5-8H,4,16H2,1-3H3. The molecule has 0 atom stereocenters. The largest absolute Gasteiger partial charge is 0.464 e. The Hall–Kier alpha value is -2.63. The van der Waals surface area contributed by atoms with Crippen molar-refractivity contribution in [2.24, 2.45) is 0 Å². The molecule has 21 heavy (non-hydrogen) atoms. The molecule has 0 saturated heterocycles. The van der Waals surface area contributed by atoms with Crippen LogP contribution in [0.1, 0.15) is 28.8 Å². The monoisotopic (exact) mass is 287 g/mol. The number of nitrogens with two attached hydrogens (primary N) is 1. The lowest BCUT2D eigenvalue weighted by Gasteiger charge is -2.11. The van der Waals surface area contributed by atoms with Crippen LogP contribution in [0.3, 0.4) is 0 Å². The Morgan fingerprint density at radius 2 is 2.00 bits per heavy atom. The molecule has 0 bridgehead atoms. The summed E-state index contributed by atoms with van der Waals surface area (Å²) in [6.45, 7) is 3.89. The minimum atomic E-state index is -0.544. The summed E-state index contributed by atoms with van der Waals surface area (Å²) in [6.07, 6.45) is 0.716. The van der Waals surface area contributed by atoms with Gasteiger partial charge in [0.2, 0.25) is 5.88 Å². The number of esters is 1. The van der Waals surface area contributed by atoms with E-state index < -0.39 is 5.97 Å². The molecular formula is C15H17N3O3. The number of hydrogen-bond acceptors (Lipinski definition) is 6. The number of carbonyl (C=O) groups is 1. The molecule has 0 saturated carbocycles. The molecule has 6 heteroatoms. The van der Waals surface area contributed by atoms with Crippen molar-refractivity contribution in [3.05, 3.63) is 41.3 Å². The van der Waals surface area contributed by atoms with E-state index in [1.807, 2.05) is 26.0 Å². The first-order valence-corrected chi connectivity index (χ1v) is 6.54. The molecule has 0 unspecified atom stereocenters. The van der Waals surface area contributed by atoms with Crippen molar-refractivity contribution in [3.63, 3.8) is 0 Å². The van der Waals surface area contributed by atoms with Crippen LogP contribution in [0.15, 0.2) is 24.3 Å². The quantitative estimate of drug-likeness (QED) is 0.869. The second-order valence-corrected chi connectivity index (χ2v) is 4.44. The first-order chi connectivity index (χ1) is 10.0. The van der Waals surface area contributed by atoms with E-state index in [0.717, 1.165) is 11.4 Å². The molecular weight excluding hydrogens is 270 g/mol. The smallest absolute Gasteiger partial charge is 0.356 e. The molecule has 0 radical (unpaired) electrons. The van der Waals surface area contributed by atoms with Crippen molar-refractivity contribution >= 4 is 11.7 Å². The summed E-state index contributed by atoms with van der Waals surface area (Å²) in [4.78, 5) is 20.0. The summed E-state index contributed by atoms with van der Waals surface area (Å²) in [5, 5.41) is 0. The van der Waals surface area contributed by atoms with Crippen LogP contribution in [0.4, 0.5) is 5.69 Å². The van der Waals surface area contributed by atoms with Crippen molar-refractivity contribution in [1.82, 2.24) is 9.97 Å². The molecule has 2 rings (SSSR count). The van der Waals surface area contributed by atoms with Crippen LogP contribution in [-0.4, -0.2) is 23.0 Å². The highest BCUT2D eigenvalue weighted by molar-refractivity contribution is 5.87. The molecule has 0 amide bonds. The summed E-state index contributed by atoms with van der Waals surface area (Å²) in [7, 11) is 1.29. The van der Waals surface area contributed by atoms with E-state index in [1.54, 1.807) is 6.07 Å². The number of aromatic nitrogens is 2. The molecule has 0 aromatic carbocycles. The van der Waals surface area contributed by atoms with Gasteiger partial charge in [-0.05, 0) is 37.6 Å². The third-order valence-corrected chi connectivity index (χ3v) is 2.90. The van der Waals surface area contributed by atoms with Gasteiger partial charge in [-0.2, -0.15) is 0 Å². The molecule has 110 valence electrons. The van der Waals surface area contributed by atoms with Crippen LogP contribution in [-0.2, 0) is 11.2 Å². The minimum Gasteiger partial charge on any atom is -0.464 e. The third kappa shape index (κ3) is 3.28. The van der Waals surface area contributed by atoms with Gasteiger partial charge in [0, 0.05) is 5.69 Å². The minimum absolute atomic E-state index is 0.139. The number of hydrogen-bond donors (Lipinski definition) is 1. The van der Waals surface area contributed by atoms with Gasteiger partial charge in [0.05, 0.1) is 18.5 Å². The first-order valence-electron chi connectivity index (χ1n) is 6.54. The van der Waals surface area contributed by atoms with E-state index in [9.17, 15) is 4.79 Å². The van der Waals surface area contributed by atoms with E-state index in [0.29, 0.717) is 17.9 Å². The fraction of sp³-hybridized carbons (Fsp3) is 0.267. The van der Waals surface area contributed by atoms with Crippen molar-refractivity contribution in [2.45, 2.75) is 20.3 Å². The van der Waals surface area contributed by atoms with Gasteiger partial charge in [0.25, 0.3) is 0 Å². The van der Waals surface area contributed by atoms with Gasteiger partial charge in [-0.25, -0.2) is 9.78 Å². The van der Waals surface area contributed by atoms with E-state index in [2.05, 4.69) is 14.7 Å². The van der Waals surface area contributed by atoms with E-state index in [4.69, 9.17) is 10.5 Å². The number of nitrogens with zero attached hydrogens (tertiary/aromatic N) is 2. The van der Waals surface area contributed by atoms with Gasteiger partial charge in [0.1, 0.15) is 0 Å². The Bertz CT molecular complexity index is 671. The van der Waals surface area contributed by atoms with Crippen LogP contribution < -0.4 is 10.5 Å². The highest BCUT2D eigenvalue weighted by atomic mass is 16.5. The maximum Gasteiger partial charge on any atom is 0.356 e. The van der Waals surface area contributed by atoms with Crippen molar-refractivity contribution in [1.29, 1.82) is 0 Å². The van der Waals surface area contributed by atoms with Gasteiger partial charge in [0.15, 0.2) is 11.4 Å². The predicted octanol–water partition coefficient (Wildman–Crippen LogP) is 2.51. The number of ether oxygens (including phenoxy) is 2. The number of carbonyl (C=O) groups excluding carboxylic acids is 1. The summed E-state index contributed by atoms with van der Waals surface area (Å²) < 4.78 is 10.3. The SMILES string of the molecule is CCc1nc(C)ccc1Oc1nc(C(=O)OC)ccc1N. The van der Waals surface area contributed by atoms with E-state index in [1.165, 1.54) is 13.2 Å². The molecule has 6 nitrogen and oxygen atoms in total. The first kappa shape index (κ1) is 14.8. The molecule has 0 aliphatic rings. The molecule has 0 fully saturated rings. The number of methoxy groups -OCH3 is 1. The lowest BCUT2D eigenvalue weighted by Crippen LogP contribution is -2.07. The molecule has 2 heterocycles. The lowest BCUT2D eigenvalue weighted by molar-refractivity contribution is 0.0593. The van der Waals surface area contributed by atoms with Crippen molar-refractivity contribution in [3.8, 4) is 11.6 Å². The Kier molecular flexibility index (Phi) is 4.37. The highest BCUT2D eigenvalue weighted by Crippen LogP contribution is 2.28. The van der Waals surface area contributed by atoms with E-state index in [-0.39, 0.29) is 11.6 Å². The molecule has 0 spiro atoms. The fourth-order valence-corrected chi connectivity index (χ4v) is 1.80. The molecule has 2 aromatic rings. The Morgan fingerprint density at radius 3 is 2.67 bits per heavy atom. The highest BCUT2D eigenvalue weighted by Gasteiger charge is 2.13. The van der Waals surface area contributed by atoms with Crippen LogP contribution in [0.25, 0.3) is 0 Å². The topological polar surface area (TPSA) is 87.3 Å². The summed E-state index contributed by atoms with van der Waals surface area (Å²) >= 11 is 0. The number of nitrogen functional groups attached to an aromatic ring is 1. The molecule has 2 aromatic heterocycles. The van der Waals surface area contributed by atoms with Crippen LogP contribution in [0.2, 0.25) is 0 Å². The fourth-order valence-electron chi connectivity index (χ4n) is 1.80. The molecule has 2 N–H and O–H groups in total. The number of anilines is 1. The third-order valence-electron chi connectivity index (χ3n) is 2.90. The summed E-state index contributed by atoms with van der Waals surface area (Å²) in [5.74, 6) is 0.195. The molecule has 0 aliphatic carbocycles. The predicted molar refractivity (Wildman–Crippen MR) is 78.4 cm³/mol.